The van der Waals surface area contributed by atoms with Crippen LogP contribution in [0.15, 0.2) is 23.4 Å². The van der Waals surface area contributed by atoms with Gasteiger partial charge in [0.1, 0.15) is 6.61 Å². The molecule has 0 saturated carbocycles. The molecule has 1 aromatic rings. The number of oxime groups is 1. The molecule has 0 aliphatic rings. The van der Waals surface area contributed by atoms with Crippen molar-refractivity contribution in [2.75, 3.05) is 31.2 Å². The molecule has 0 aliphatic carbocycles. The maximum atomic E-state index is 13.0. The average Bonchev–Trinajstić information content (AvgIpc) is 2.55. The van der Waals surface area contributed by atoms with E-state index >= 15 is 0 Å². The van der Waals surface area contributed by atoms with Gasteiger partial charge in [0.25, 0.3) is 0 Å². The minimum Gasteiger partial charge on any atom is -0.393 e. The van der Waals surface area contributed by atoms with Crippen LogP contribution in [0.4, 0.5) is 18.9 Å². The Morgan fingerprint density at radius 3 is 2.58 bits per heavy atom. The summed E-state index contributed by atoms with van der Waals surface area (Å²) in [7, 11) is -4.27. The molecule has 6 nitrogen and oxygen atoms in total. The minimum absolute atomic E-state index is 0.0259. The molecule has 0 N–H and O–H groups in total. The van der Waals surface area contributed by atoms with E-state index in [1.165, 1.54) is 26.2 Å². The van der Waals surface area contributed by atoms with Crippen molar-refractivity contribution in [2.45, 2.75) is 12.4 Å². The van der Waals surface area contributed by atoms with E-state index in [1.807, 2.05) is 5.92 Å². The second kappa shape index (κ2) is 9.12. The molecule has 0 bridgehead atoms. The minimum atomic E-state index is -5.72. The lowest BCUT2D eigenvalue weighted by molar-refractivity contribution is -0.0437. The largest absolute Gasteiger partial charge is 0.516 e. The molecule has 0 aromatic heterocycles. The highest BCUT2D eigenvalue weighted by molar-refractivity contribution is 7.93. The molecule has 0 amide bonds. The Morgan fingerprint density at radius 1 is 1.38 bits per heavy atom. The number of rotatable bonds is 8. The third kappa shape index (κ3) is 5.27. The van der Waals surface area contributed by atoms with Crippen molar-refractivity contribution < 1.29 is 31.2 Å². The van der Waals surface area contributed by atoms with Gasteiger partial charge >= 0.3 is 15.5 Å². The van der Waals surface area contributed by atoms with Crippen molar-refractivity contribution >= 4 is 33.0 Å². The van der Waals surface area contributed by atoms with Gasteiger partial charge in [-0.15, -0.1) is 6.42 Å². The van der Waals surface area contributed by atoms with Crippen molar-refractivity contribution in [3.63, 3.8) is 0 Å². The van der Waals surface area contributed by atoms with Gasteiger partial charge in [0, 0.05) is 17.7 Å². The first kappa shape index (κ1) is 22.1. The lowest BCUT2D eigenvalue weighted by Gasteiger charge is -2.25. The van der Waals surface area contributed by atoms with E-state index in [2.05, 4.69) is 5.16 Å². The van der Waals surface area contributed by atoms with Gasteiger partial charge < -0.3 is 9.57 Å². The summed E-state index contributed by atoms with van der Waals surface area (Å²) in [4.78, 5) is 4.97. The molecule has 0 atom stereocenters. The van der Waals surface area contributed by atoms with Crippen molar-refractivity contribution in [1.82, 2.24) is 0 Å². The Kier molecular flexibility index (Phi) is 7.74. The fourth-order valence-corrected chi connectivity index (χ4v) is 2.92. The molecule has 1 rings (SSSR count). The predicted molar refractivity (Wildman–Crippen MR) is 92.6 cm³/mol. The SMILES string of the molecule is C#CCN(c1ccc(Cl)cc1/C(C)=N/OCCOC)S(=O)(=O)C(F)(F)F. The first-order valence-corrected chi connectivity index (χ1v) is 8.86. The Labute approximate surface area is 154 Å². The third-order valence-electron chi connectivity index (χ3n) is 3.01. The number of terminal acetylenes is 1. The first-order valence-electron chi connectivity index (χ1n) is 7.04. The molecule has 0 aliphatic heterocycles. The smallest absolute Gasteiger partial charge is 0.393 e. The zero-order valence-electron chi connectivity index (χ0n) is 13.9. The second-order valence-electron chi connectivity index (χ2n) is 4.83. The van der Waals surface area contributed by atoms with Crippen LogP contribution in [0.5, 0.6) is 0 Å². The van der Waals surface area contributed by atoms with E-state index < -0.39 is 22.1 Å². The predicted octanol–water partition coefficient (Wildman–Crippen LogP) is 3.02. The number of methoxy groups -OCH3 is 1. The van der Waals surface area contributed by atoms with Crippen molar-refractivity contribution in [3.8, 4) is 12.3 Å². The van der Waals surface area contributed by atoms with Gasteiger partial charge in [0.2, 0.25) is 0 Å². The number of hydrogen-bond donors (Lipinski definition) is 0. The Morgan fingerprint density at radius 2 is 2.04 bits per heavy atom. The number of halogens is 4. The van der Waals surface area contributed by atoms with Gasteiger partial charge in [-0.25, -0.2) is 0 Å². The summed E-state index contributed by atoms with van der Waals surface area (Å²) in [5.41, 5.74) is -5.71. The Hall–Kier alpha value is -1.96. The van der Waals surface area contributed by atoms with Gasteiger partial charge in [-0.1, -0.05) is 22.7 Å². The normalized spacial score (nSPS) is 12.6. The standard InChI is InChI=1S/C15H16ClF3N2O4S/c1-4-7-21(26(22,23)15(17,18)19)14-6-5-12(16)10-13(14)11(2)20-25-9-8-24-3/h1,5-6,10H,7-9H2,2-3H3/b20-11+. The maximum absolute atomic E-state index is 13.0. The highest BCUT2D eigenvalue weighted by Gasteiger charge is 2.50. The summed E-state index contributed by atoms with van der Waals surface area (Å²) >= 11 is 5.88. The summed E-state index contributed by atoms with van der Waals surface area (Å²) in [5.74, 6) is 1.91. The number of alkyl halides is 3. The summed E-state index contributed by atoms with van der Waals surface area (Å²) in [6, 6.07) is 3.63. The molecule has 0 heterocycles. The molecule has 0 unspecified atom stereocenters. The first-order chi connectivity index (χ1) is 12.1. The van der Waals surface area contributed by atoms with Crippen molar-refractivity contribution in [1.29, 1.82) is 0 Å². The second-order valence-corrected chi connectivity index (χ2v) is 7.12. The fraction of sp³-hybridized carbons (Fsp3) is 0.400. The molecule has 0 saturated heterocycles. The van der Waals surface area contributed by atoms with Crippen LogP contribution < -0.4 is 4.31 Å². The molecule has 26 heavy (non-hydrogen) atoms. The lowest BCUT2D eigenvalue weighted by Crippen LogP contribution is -2.41. The van der Waals surface area contributed by atoms with Crippen molar-refractivity contribution in [3.05, 3.63) is 28.8 Å². The van der Waals surface area contributed by atoms with E-state index in [1.54, 1.807) is 0 Å². The quantitative estimate of drug-likeness (QED) is 0.285. The van der Waals surface area contributed by atoms with E-state index in [0.717, 1.165) is 6.07 Å². The number of nitrogens with zero attached hydrogens (tertiary/aromatic N) is 2. The summed E-state index contributed by atoms with van der Waals surface area (Å²) in [5, 5.41) is 3.91. The molecule has 0 spiro atoms. The Balaban J connectivity index is 3.44. The highest BCUT2D eigenvalue weighted by Crippen LogP contribution is 2.34. The average molecular weight is 413 g/mol. The molecular weight excluding hydrogens is 397 g/mol. The fourth-order valence-electron chi connectivity index (χ4n) is 1.84. The maximum Gasteiger partial charge on any atom is 0.516 e. The van der Waals surface area contributed by atoms with Gasteiger partial charge in [0.05, 0.1) is 24.6 Å². The molecule has 11 heteroatoms. The van der Waals surface area contributed by atoms with Gasteiger partial charge in [0.15, 0.2) is 0 Å². The van der Waals surface area contributed by atoms with Gasteiger partial charge in [-0.2, -0.15) is 21.6 Å². The van der Waals surface area contributed by atoms with Crippen LogP contribution in [-0.4, -0.2) is 46.5 Å². The summed E-state index contributed by atoms with van der Waals surface area (Å²) in [6.45, 7) is 0.939. The van der Waals surface area contributed by atoms with Crippen LogP contribution in [0.2, 0.25) is 5.02 Å². The number of hydrogen-bond acceptors (Lipinski definition) is 5. The molecular formula is C15H16ClF3N2O4S. The summed E-state index contributed by atoms with van der Waals surface area (Å²) < 4.78 is 67.6. The van der Waals surface area contributed by atoms with Gasteiger partial charge in [-0.3, -0.25) is 4.31 Å². The Bertz CT molecular complexity index is 804. The van der Waals surface area contributed by atoms with Gasteiger partial charge in [-0.05, 0) is 25.1 Å². The van der Waals surface area contributed by atoms with E-state index in [-0.39, 0.29) is 39.5 Å². The van der Waals surface area contributed by atoms with Crippen LogP contribution in [0.3, 0.4) is 0 Å². The zero-order chi connectivity index (χ0) is 20.0. The highest BCUT2D eigenvalue weighted by atomic mass is 35.5. The third-order valence-corrected chi connectivity index (χ3v) is 4.74. The van der Waals surface area contributed by atoms with Crippen LogP contribution in [-0.2, 0) is 19.6 Å². The number of anilines is 1. The molecule has 1 aromatic carbocycles. The van der Waals surface area contributed by atoms with E-state index in [0.29, 0.717) is 0 Å². The number of benzene rings is 1. The summed E-state index contributed by atoms with van der Waals surface area (Å²) in [6.07, 6.45) is 5.06. The van der Waals surface area contributed by atoms with E-state index in [4.69, 9.17) is 27.6 Å². The van der Waals surface area contributed by atoms with E-state index in [9.17, 15) is 21.6 Å². The topological polar surface area (TPSA) is 68.2 Å². The lowest BCUT2D eigenvalue weighted by atomic mass is 10.1. The number of sulfonamides is 1. The van der Waals surface area contributed by atoms with Crippen LogP contribution in [0.1, 0.15) is 12.5 Å². The molecule has 0 radical (unpaired) electrons. The molecule has 144 valence electrons. The van der Waals surface area contributed by atoms with Crippen LogP contribution >= 0.6 is 11.6 Å². The van der Waals surface area contributed by atoms with Crippen molar-refractivity contribution in [2.24, 2.45) is 5.16 Å². The monoisotopic (exact) mass is 412 g/mol. The zero-order valence-corrected chi connectivity index (χ0v) is 15.5. The number of ether oxygens (including phenoxy) is 1. The molecule has 0 fully saturated rings. The van der Waals surface area contributed by atoms with Crippen LogP contribution in [0, 0.1) is 12.3 Å². The van der Waals surface area contributed by atoms with Crippen LogP contribution in [0.25, 0.3) is 0 Å².